The minimum absolute atomic E-state index is 0.229. The van der Waals surface area contributed by atoms with Crippen LogP contribution in [-0.2, 0) is 6.54 Å². The fourth-order valence-corrected chi connectivity index (χ4v) is 1.48. The van der Waals surface area contributed by atoms with Crippen molar-refractivity contribution >= 4 is 11.6 Å². The second kappa shape index (κ2) is 4.87. The lowest BCUT2D eigenvalue weighted by Crippen LogP contribution is -2.24. The van der Waals surface area contributed by atoms with Gasteiger partial charge in [-0.25, -0.2) is 0 Å². The van der Waals surface area contributed by atoms with Gasteiger partial charge in [0.2, 0.25) is 0 Å². The molecule has 2 rings (SSSR count). The monoisotopic (exact) mass is 245 g/mol. The van der Waals surface area contributed by atoms with Crippen molar-refractivity contribution in [2.24, 2.45) is 0 Å². The maximum atomic E-state index is 11.8. The molecule has 2 heterocycles. The van der Waals surface area contributed by atoms with E-state index in [0.29, 0.717) is 17.9 Å². The van der Waals surface area contributed by atoms with Gasteiger partial charge >= 0.3 is 0 Å². The number of carbonyl (C=O) groups excluding carboxylic acids is 1. The number of aryl methyl sites for hydroxylation is 2. The topological polar surface area (TPSA) is 96.7 Å². The summed E-state index contributed by atoms with van der Waals surface area (Å²) in [5.41, 5.74) is 8.90. The molecule has 0 atom stereocenters. The van der Waals surface area contributed by atoms with Crippen LogP contribution in [0.4, 0.5) is 5.69 Å². The molecule has 0 aliphatic rings. The maximum absolute atomic E-state index is 11.8. The normalized spacial score (nSPS) is 10.3. The van der Waals surface area contributed by atoms with Gasteiger partial charge in [0.25, 0.3) is 5.91 Å². The molecule has 6 nitrogen and oxygen atoms in total. The van der Waals surface area contributed by atoms with E-state index in [4.69, 9.17) is 5.73 Å². The summed E-state index contributed by atoms with van der Waals surface area (Å²) in [5, 5.41) is 9.29. The fraction of sp³-hybridized carbons (Fsp3) is 0.250. The summed E-state index contributed by atoms with van der Waals surface area (Å²) in [6.45, 7) is 4.08. The average molecular weight is 245 g/mol. The molecule has 0 spiro atoms. The summed E-state index contributed by atoms with van der Waals surface area (Å²) in [5.74, 6) is -0.294. The molecule has 0 unspecified atom stereocenters. The van der Waals surface area contributed by atoms with Crippen LogP contribution in [0.3, 0.4) is 0 Å². The molecule has 18 heavy (non-hydrogen) atoms. The molecule has 4 N–H and O–H groups in total. The quantitative estimate of drug-likeness (QED) is 0.749. The van der Waals surface area contributed by atoms with Crippen molar-refractivity contribution in [2.75, 3.05) is 5.73 Å². The number of nitrogen functional groups attached to an aromatic ring is 1. The highest BCUT2D eigenvalue weighted by Crippen LogP contribution is 2.12. The van der Waals surface area contributed by atoms with Crippen molar-refractivity contribution in [3.8, 4) is 0 Å². The Morgan fingerprint density at radius 1 is 1.44 bits per heavy atom. The summed E-state index contributed by atoms with van der Waals surface area (Å²) in [6.07, 6.45) is 1.73. The fourth-order valence-electron chi connectivity index (χ4n) is 1.48. The van der Waals surface area contributed by atoms with E-state index in [1.165, 1.54) is 0 Å². The highest BCUT2D eigenvalue weighted by Gasteiger charge is 2.14. The lowest BCUT2D eigenvalue weighted by atomic mass is 10.2. The number of nitrogens with zero attached hydrogens (tertiary/aromatic N) is 2. The molecule has 0 saturated heterocycles. The zero-order valence-electron chi connectivity index (χ0n) is 10.3. The van der Waals surface area contributed by atoms with Gasteiger partial charge in [-0.15, -0.1) is 0 Å². The second-order valence-corrected chi connectivity index (χ2v) is 4.10. The molecule has 0 aromatic carbocycles. The van der Waals surface area contributed by atoms with Gasteiger partial charge in [0.15, 0.2) is 5.69 Å². The number of carbonyl (C=O) groups is 1. The minimum Gasteiger partial charge on any atom is -0.395 e. The van der Waals surface area contributed by atoms with E-state index in [1.54, 1.807) is 13.1 Å². The lowest BCUT2D eigenvalue weighted by Gasteiger charge is -2.04. The van der Waals surface area contributed by atoms with Crippen LogP contribution in [0.5, 0.6) is 0 Å². The van der Waals surface area contributed by atoms with Gasteiger partial charge in [-0.2, -0.15) is 5.10 Å². The van der Waals surface area contributed by atoms with Crippen LogP contribution in [0.25, 0.3) is 0 Å². The van der Waals surface area contributed by atoms with E-state index < -0.39 is 0 Å². The third kappa shape index (κ3) is 2.48. The van der Waals surface area contributed by atoms with Crippen molar-refractivity contribution in [1.29, 1.82) is 0 Å². The van der Waals surface area contributed by atoms with Crippen LogP contribution in [-0.4, -0.2) is 21.1 Å². The van der Waals surface area contributed by atoms with Gasteiger partial charge in [-0.3, -0.25) is 14.9 Å². The van der Waals surface area contributed by atoms with E-state index in [-0.39, 0.29) is 11.6 Å². The maximum Gasteiger partial charge on any atom is 0.274 e. The van der Waals surface area contributed by atoms with Crippen molar-refractivity contribution in [3.63, 3.8) is 0 Å². The summed E-state index contributed by atoms with van der Waals surface area (Å²) in [4.78, 5) is 16.0. The number of rotatable bonds is 3. The third-order valence-electron chi connectivity index (χ3n) is 2.64. The van der Waals surface area contributed by atoms with Gasteiger partial charge in [-0.1, -0.05) is 6.07 Å². The number of hydrogen-bond acceptors (Lipinski definition) is 4. The Balaban J connectivity index is 2.00. The number of aromatic nitrogens is 3. The predicted octanol–water partition coefficient (Wildman–Crippen LogP) is 0.934. The Bertz CT molecular complexity index is 558. The number of nitrogens with two attached hydrogens (primary N) is 1. The van der Waals surface area contributed by atoms with Crippen LogP contribution in [0, 0.1) is 13.8 Å². The number of anilines is 1. The predicted molar refractivity (Wildman–Crippen MR) is 67.9 cm³/mol. The molecular weight excluding hydrogens is 230 g/mol. The number of H-pyrrole nitrogens is 1. The zero-order chi connectivity index (χ0) is 13.1. The van der Waals surface area contributed by atoms with E-state index in [9.17, 15) is 4.79 Å². The summed E-state index contributed by atoms with van der Waals surface area (Å²) >= 11 is 0. The molecule has 0 aliphatic heterocycles. The molecule has 2 aromatic rings. The molecule has 0 fully saturated rings. The van der Waals surface area contributed by atoms with Crippen LogP contribution < -0.4 is 11.1 Å². The average Bonchev–Trinajstić information content (AvgIpc) is 2.69. The molecule has 0 radical (unpaired) electrons. The van der Waals surface area contributed by atoms with Crippen molar-refractivity contribution in [3.05, 3.63) is 41.0 Å². The molecule has 0 bridgehead atoms. The highest BCUT2D eigenvalue weighted by atomic mass is 16.1. The summed E-state index contributed by atoms with van der Waals surface area (Å²) in [7, 11) is 0. The third-order valence-corrected chi connectivity index (χ3v) is 2.64. The summed E-state index contributed by atoms with van der Waals surface area (Å²) < 4.78 is 0. The molecule has 1 amide bonds. The van der Waals surface area contributed by atoms with Gasteiger partial charge in [-0.05, 0) is 25.5 Å². The first-order valence-electron chi connectivity index (χ1n) is 5.58. The molecule has 0 saturated carbocycles. The summed E-state index contributed by atoms with van der Waals surface area (Å²) in [6, 6.07) is 3.82. The number of amides is 1. The molecule has 0 aliphatic carbocycles. The van der Waals surface area contributed by atoms with E-state index >= 15 is 0 Å². The van der Waals surface area contributed by atoms with Gasteiger partial charge < -0.3 is 11.1 Å². The molecule has 2 aromatic heterocycles. The van der Waals surface area contributed by atoms with Gasteiger partial charge in [0.1, 0.15) is 0 Å². The lowest BCUT2D eigenvalue weighted by molar-refractivity contribution is 0.0947. The first kappa shape index (κ1) is 12.1. The van der Waals surface area contributed by atoms with Crippen molar-refractivity contribution in [1.82, 2.24) is 20.5 Å². The molecule has 6 heteroatoms. The Hall–Kier alpha value is -2.37. The highest BCUT2D eigenvalue weighted by molar-refractivity contribution is 5.97. The van der Waals surface area contributed by atoms with Gasteiger partial charge in [0.05, 0.1) is 11.4 Å². The van der Waals surface area contributed by atoms with Crippen LogP contribution in [0.2, 0.25) is 0 Å². The molecule has 94 valence electrons. The van der Waals surface area contributed by atoms with Crippen molar-refractivity contribution in [2.45, 2.75) is 20.4 Å². The smallest absolute Gasteiger partial charge is 0.274 e. The Morgan fingerprint density at radius 3 is 2.78 bits per heavy atom. The van der Waals surface area contributed by atoms with E-state index in [1.807, 2.05) is 19.1 Å². The first-order valence-corrected chi connectivity index (χ1v) is 5.58. The number of hydrogen-bond donors (Lipinski definition) is 3. The van der Waals surface area contributed by atoms with E-state index in [2.05, 4.69) is 20.5 Å². The largest absolute Gasteiger partial charge is 0.395 e. The van der Waals surface area contributed by atoms with E-state index in [0.717, 1.165) is 11.3 Å². The van der Waals surface area contributed by atoms with Crippen LogP contribution >= 0.6 is 0 Å². The van der Waals surface area contributed by atoms with Gasteiger partial charge in [0, 0.05) is 18.4 Å². The first-order chi connectivity index (χ1) is 8.58. The Labute approximate surface area is 105 Å². The van der Waals surface area contributed by atoms with Crippen molar-refractivity contribution < 1.29 is 4.79 Å². The SMILES string of the molecule is Cc1ccc(CNC(=O)c2n[nH]c(C)c2N)cn1. The zero-order valence-corrected chi connectivity index (χ0v) is 10.3. The second-order valence-electron chi connectivity index (χ2n) is 4.10. The Kier molecular flexibility index (Phi) is 3.27. The number of nitrogens with one attached hydrogen (secondary N) is 2. The number of pyridine rings is 1. The molecular formula is C12H15N5O. The van der Waals surface area contributed by atoms with Crippen LogP contribution in [0.15, 0.2) is 18.3 Å². The number of aromatic amines is 1. The Morgan fingerprint density at radius 2 is 2.22 bits per heavy atom. The minimum atomic E-state index is -0.294. The standard InChI is InChI=1S/C12H15N5O/c1-7-3-4-9(5-14-7)6-15-12(18)11-10(13)8(2)16-17-11/h3-5H,6,13H2,1-2H3,(H,15,18)(H,16,17). The van der Waals surface area contributed by atoms with Crippen LogP contribution in [0.1, 0.15) is 27.4 Å².